The number of aromatic amines is 1. The zero-order chi connectivity index (χ0) is 10.7. The van der Waals surface area contributed by atoms with Crippen LogP contribution in [0.15, 0.2) is 4.79 Å². The molecule has 1 heterocycles. The summed E-state index contributed by atoms with van der Waals surface area (Å²) in [5.74, 6) is -0.365. The van der Waals surface area contributed by atoms with Crippen molar-refractivity contribution in [3.8, 4) is 0 Å². The fourth-order valence-electron chi connectivity index (χ4n) is 1.28. The molecule has 5 nitrogen and oxygen atoms in total. The maximum absolute atomic E-state index is 11.4. The number of H-pyrrole nitrogens is 1. The smallest absolute Gasteiger partial charge is 0.303 e. The molecule has 0 aromatic carbocycles. The van der Waals surface area contributed by atoms with Gasteiger partial charge in [0.05, 0.1) is 0 Å². The zero-order valence-corrected chi connectivity index (χ0v) is 8.13. The van der Waals surface area contributed by atoms with Crippen molar-refractivity contribution in [2.45, 2.75) is 26.7 Å². The summed E-state index contributed by atoms with van der Waals surface area (Å²) in [6.45, 7) is 3.40. The Hall–Kier alpha value is -1.65. The van der Waals surface area contributed by atoms with Crippen molar-refractivity contribution >= 4 is 5.97 Å². The van der Waals surface area contributed by atoms with Gasteiger partial charge >= 0.3 is 5.97 Å². The number of carbonyl (C=O) groups is 1. The number of aromatic nitrogens is 2. The van der Waals surface area contributed by atoms with Crippen molar-refractivity contribution in [2.75, 3.05) is 0 Å². The molecular weight excluding hydrogens is 184 g/mol. The molecule has 1 rings (SSSR count). The Balaban J connectivity index is 2.97. The van der Waals surface area contributed by atoms with Gasteiger partial charge in [0.1, 0.15) is 5.82 Å². The first-order valence-electron chi connectivity index (χ1n) is 4.29. The van der Waals surface area contributed by atoms with Crippen LogP contribution in [0.5, 0.6) is 0 Å². The van der Waals surface area contributed by atoms with Crippen molar-refractivity contribution in [3.63, 3.8) is 0 Å². The molecule has 0 unspecified atom stereocenters. The van der Waals surface area contributed by atoms with E-state index in [4.69, 9.17) is 5.11 Å². The number of aryl methyl sites for hydroxylation is 2. The second kappa shape index (κ2) is 4.04. The van der Waals surface area contributed by atoms with E-state index in [9.17, 15) is 9.59 Å². The molecule has 14 heavy (non-hydrogen) atoms. The highest BCUT2D eigenvalue weighted by Crippen LogP contribution is 2.01. The highest BCUT2D eigenvalue weighted by atomic mass is 16.4. The highest BCUT2D eigenvalue weighted by Gasteiger charge is 2.08. The van der Waals surface area contributed by atoms with E-state index in [-0.39, 0.29) is 18.4 Å². The molecule has 0 atom stereocenters. The van der Waals surface area contributed by atoms with Crippen molar-refractivity contribution in [2.24, 2.45) is 0 Å². The Morgan fingerprint density at radius 1 is 1.50 bits per heavy atom. The molecule has 2 N–H and O–H groups in total. The van der Waals surface area contributed by atoms with Gasteiger partial charge in [-0.1, -0.05) is 0 Å². The van der Waals surface area contributed by atoms with Gasteiger partial charge in [-0.25, -0.2) is 4.98 Å². The largest absolute Gasteiger partial charge is 0.481 e. The summed E-state index contributed by atoms with van der Waals surface area (Å²) in [7, 11) is 0. The van der Waals surface area contributed by atoms with E-state index >= 15 is 0 Å². The van der Waals surface area contributed by atoms with Crippen LogP contribution < -0.4 is 5.56 Å². The number of hydrogen-bond donors (Lipinski definition) is 2. The number of carboxylic acids is 1. The molecule has 0 saturated carbocycles. The second-order valence-electron chi connectivity index (χ2n) is 3.11. The Morgan fingerprint density at radius 2 is 2.14 bits per heavy atom. The SMILES string of the molecule is Cc1nc(C)c(CCC(=O)O)c(=O)[nH]1. The average molecular weight is 196 g/mol. The minimum absolute atomic E-state index is 0.0470. The lowest BCUT2D eigenvalue weighted by molar-refractivity contribution is -0.136. The Morgan fingerprint density at radius 3 is 2.64 bits per heavy atom. The molecule has 0 aliphatic rings. The van der Waals surface area contributed by atoms with Crippen LogP contribution in [0.2, 0.25) is 0 Å². The maximum atomic E-state index is 11.4. The van der Waals surface area contributed by atoms with E-state index in [0.29, 0.717) is 17.1 Å². The monoisotopic (exact) mass is 196 g/mol. The second-order valence-corrected chi connectivity index (χ2v) is 3.11. The predicted molar refractivity (Wildman–Crippen MR) is 50.3 cm³/mol. The molecule has 1 aromatic rings. The van der Waals surface area contributed by atoms with E-state index in [2.05, 4.69) is 9.97 Å². The highest BCUT2D eigenvalue weighted by molar-refractivity contribution is 5.67. The van der Waals surface area contributed by atoms with E-state index in [1.165, 1.54) is 0 Å². The summed E-state index contributed by atoms with van der Waals surface area (Å²) in [6, 6.07) is 0. The molecule has 76 valence electrons. The van der Waals surface area contributed by atoms with Gasteiger partial charge in [-0.2, -0.15) is 0 Å². The lowest BCUT2D eigenvalue weighted by Gasteiger charge is -2.02. The lowest BCUT2D eigenvalue weighted by atomic mass is 10.1. The third-order valence-corrected chi connectivity index (χ3v) is 1.93. The average Bonchev–Trinajstić information content (AvgIpc) is 2.01. The standard InChI is InChI=1S/C9H12N2O3/c1-5-7(3-4-8(12)13)9(14)11-6(2)10-5/h3-4H2,1-2H3,(H,12,13)(H,10,11,14). The van der Waals surface area contributed by atoms with Crippen LogP contribution in [-0.2, 0) is 11.2 Å². The van der Waals surface area contributed by atoms with Gasteiger partial charge in [0, 0.05) is 17.7 Å². The quantitative estimate of drug-likeness (QED) is 0.733. The summed E-state index contributed by atoms with van der Waals surface area (Å²) < 4.78 is 0. The number of nitrogens with one attached hydrogen (secondary N) is 1. The van der Waals surface area contributed by atoms with E-state index in [1.807, 2.05) is 0 Å². The molecule has 0 spiro atoms. The van der Waals surface area contributed by atoms with Gasteiger partial charge < -0.3 is 10.1 Å². The summed E-state index contributed by atoms with van der Waals surface area (Å²) in [5.41, 5.74) is 0.821. The third-order valence-electron chi connectivity index (χ3n) is 1.93. The zero-order valence-electron chi connectivity index (χ0n) is 8.13. The Bertz CT molecular complexity index is 409. The van der Waals surface area contributed by atoms with Crippen molar-refractivity contribution < 1.29 is 9.90 Å². The Labute approximate surface area is 80.8 Å². The molecule has 0 radical (unpaired) electrons. The van der Waals surface area contributed by atoms with Gasteiger partial charge in [-0.15, -0.1) is 0 Å². The molecule has 0 aliphatic heterocycles. The fourth-order valence-corrected chi connectivity index (χ4v) is 1.28. The summed E-state index contributed by atoms with van der Waals surface area (Å²) in [4.78, 5) is 28.3. The maximum Gasteiger partial charge on any atom is 0.303 e. The Kier molecular flexibility index (Phi) is 3.01. The fraction of sp³-hybridized carbons (Fsp3) is 0.444. The predicted octanol–water partition coefficient (Wildman–Crippen LogP) is 0.404. The van der Waals surface area contributed by atoms with Crippen LogP contribution in [0, 0.1) is 13.8 Å². The summed E-state index contributed by atoms with van der Waals surface area (Å²) >= 11 is 0. The van der Waals surface area contributed by atoms with Crippen LogP contribution in [-0.4, -0.2) is 21.0 Å². The van der Waals surface area contributed by atoms with E-state index < -0.39 is 5.97 Å². The van der Waals surface area contributed by atoms with E-state index in [1.54, 1.807) is 13.8 Å². The minimum atomic E-state index is -0.913. The topological polar surface area (TPSA) is 83.0 Å². The van der Waals surface area contributed by atoms with Crippen LogP contribution in [0.1, 0.15) is 23.5 Å². The molecule has 0 fully saturated rings. The van der Waals surface area contributed by atoms with Gasteiger partial charge in [-0.3, -0.25) is 9.59 Å². The molecule has 0 bridgehead atoms. The number of nitrogens with zero attached hydrogens (tertiary/aromatic N) is 1. The number of carboxylic acid groups (broad SMARTS) is 1. The van der Waals surface area contributed by atoms with E-state index in [0.717, 1.165) is 0 Å². The normalized spacial score (nSPS) is 10.1. The van der Waals surface area contributed by atoms with Gasteiger partial charge in [0.15, 0.2) is 0 Å². The molecule has 0 aliphatic carbocycles. The van der Waals surface area contributed by atoms with Gasteiger partial charge in [0.25, 0.3) is 5.56 Å². The molecule has 0 saturated heterocycles. The van der Waals surface area contributed by atoms with Crippen LogP contribution in [0.4, 0.5) is 0 Å². The first kappa shape index (κ1) is 10.4. The number of rotatable bonds is 3. The number of aliphatic carboxylic acids is 1. The molecule has 0 amide bonds. The van der Waals surface area contributed by atoms with Gasteiger partial charge in [-0.05, 0) is 20.3 Å². The van der Waals surface area contributed by atoms with Crippen molar-refractivity contribution in [3.05, 3.63) is 27.4 Å². The van der Waals surface area contributed by atoms with Crippen LogP contribution >= 0.6 is 0 Å². The van der Waals surface area contributed by atoms with Crippen LogP contribution in [0.25, 0.3) is 0 Å². The van der Waals surface area contributed by atoms with Crippen LogP contribution in [0.3, 0.4) is 0 Å². The van der Waals surface area contributed by atoms with Gasteiger partial charge in [0.2, 0.25) is 0 Å². The molecule has 5 heteroatoms. The van der Waals surface area contributed by atoms with Crippen molar-refractivity contribution in [1.82, 2.24) is 9.97 Å². The molecular formula is C9H12N2O3. The summed E-state index contributed by atoms with van der Waals surface area (Å²) in [5, 5.41) is 8.48. The lowest BCUT2D eigenvalue weighted by Crippen LogP contribution is -2.18. The number of hydrogen-bond acceptors (Lipinski definition) is 3. The first-order valence-corrected chi connectivity index (χ1v) is 4.29. The van der Waals surface area contributed by atoms with Crippen molar-refractivity contribution in [1.29, 1.82) is 0 Å². The molecule has 1 aromatic heterocycles. The first-order chi connectivity index (χ1) is 6.50. The summed E-state index contributed by atoms with van der Waals surface area (Å²) in [6.07, 6.45) is 0.179. The minimum Gasteiger partial charge on any atom is -0.481 e. The third kappa shape index (κ3) is 2.42.